The summed E-state index contributed by atoms with van der Waals surface area (Å²) in [5.74, 6) is 0.319. The molecule has 0 aliphatic heterocycles. The number of hydrogen-bond acceptors (Lipinski definition) is 3. The zero-order valence-corrected chi connectivity index (χ0v) is 15.4. The molecule has 1 amide bonds. The smallest absolute Gasteiger partial charge is 0.251 e. The van der Waals surface area contributed by atoms with Gasteiger partial charge in [0.15, 0.2) is 0 Å². The first-order valence-electron chi connectivity index (χ1n) is 8.45. The maximum absolute atomic E-state index is 12.6. The average Bonchev–Trinajstić information content (AvgIpc) is 2.61. The number of carbonyl (C=O) groups is 1. The first-order chi connectivity index (χ1) is 12.4. The van der Waals surface area contributed by atoms with Crippen molar-refractivity contribution in [2.45, 2.75) is 27.3 Å². The van der Waals surface area contributed by atoms with Crippen molar-refractivity contribution in [2.24, 2.45) is 0 Å². The van der Waals surface area contributed by atoms with Crippen LogP contribution in [-0.2, 0) is 11.3 Å². The largest absolute Gasteiger partial charge is 0.495 e. The Morgan fingerprint density at radius 2 is 1.85 bits per heavy atom. The summed E-state index contributed by atoms with van der Waals surface area (Å²) < 4.78 is 6.88. The number of ether oxygens (including phenoxy) is 1. The molecular formula is C21H22N2O3. The van der Waals surface area contributed by atoms with Crippen LogP contribution in [0.4, 0.5) is 5.69 Å². The highest BCUT2D eigenvalue weighted by Gasteiger charge is 2.14. The molecule has 0 spiro atoms. The molecule has 0 aliphatic rings. The molecular weight excluding hydrogens is 328 g/mol. The molecule has 0 atom stereocenters. The van der Waals surface area contributed by atoms with Crippen LogP contribution in [-0.4, -0.2) is 17.6 Å². The number of aryl methyl sites for hydroxylation is 3. The summed E-state index contributed by atoms with van der Waals surface area (Å²) in [5.41, 5.74) is 4.06. The summed E-state index contributed by atoms with van der Waals surface area (Å²) in [6, 6.07) is 13.0. The van der Waals surface area contributed by atoms with Gasteiger partial charge in [0.25, 0.3) is 5.56 Å². The van der Waals surface area contributed by atoms with Gasteiger partial charge >= 0.3 is 0 Å². The molecule has 5 heteroatoms. The van der Waals surface area contributed by atoms with E-state index in [1.165, 1.54) is 4.57 Å². The molecule has 26 heavy (non-hydrogen) atoms. The molecule has 0 saturated heterocycles. The van der Waals surface area contributed by atoms with E-state index in [1.54, 1.807) is 19.2 Å². The standard InChI is InChI=1S/C21H22N2O3/c1-13-8-9-14(2)17(10-13)22-19(24)12-23-20(25)11-15(3)16-6-5-7-18(26-4)21(16)23/h5-11H,12H2,1-4H3,(H,22,24). The Morgan fingerprint density at radius 1 is 1.08 bits per heavy atom. The van der Waals surface area contributed by atoms with Crippen molar-refractivity contribution >= 4 is 22.5 Å². The van der Waals surface area contributed by atoms with Gasteiger partial charge in [0, 0.05) is 17.1 Å². The molecule has 1 aromatic heterocycles. The molecule has 2 aromatic carbocycles. The number of para-hydroxylation sites is 1. The van der Waals surface area contributed by atoms with Crippen molar-refractivity contribution in [3.63, 3.8) is 0 Å². The topological polar surface area (TPSA) is 60.3 Å². The number of pyridine rings is 1. The minimum Gasteiger partial charge on any atom is -0.495 e. The van der Waals surface area contributed by atoms with E-state index in [9.17, 15) is 9.59 Å². The maximum atomic E-state index is 12.6. The number of nitrogens with one attached hydrogen (secondary N) is 1. The molecule has 1 heterocycles. The number of amides is 1. The van der Waals surface area contributed by atoms with E-state index in [4.69, 9.17) is 4.74 Å². The number of aromatic nitrogens is 1. The quantitative estimate of drug-likeness (QED) is 0.782. The number of fused-ring (bicyclic) bond motifs is 1. The average molecular weight is 350 g/mol. The van der Waals surface area contributed by atoms with Gasteiger partial charge in [-0.3, -0.25) is 14.2 Å². The zero-order valence-electron chi connectivity index (χ0n) is 15.4. The number of anilines is 1. The first-order valence-corrected chi connectivity index (χ1v) is 8.45. The molecule has 3 rings (SSSR count). The lowest BCUT2D eigenvalue weighted by Crippen LogP contribution is -2.28. The van der Waals surface area contributed by atoms with E-state index < -0.39 is 0 Å². The fourth-order valence-electron chi connectivity index (χ4n) is 3.10. The van der Waals surface area contributed by atoms with E-state index in [0.717, 1.165) is 27.8 Å². The summed E-state index contributed by atoms with van der Waals surface area (Å²) in [6.07, 6.45) is 0. The van der Waals surface area contributed by atoms with Crippen molar-refractivity contribution in [3.05, 3.63) is 69.5 Å². The highest BCUT2D eigenvalue weighted by Crippen LogP contribution is 2.26. The van der Waals surface area contributed by atoms with E-state index >= 15 is 0 Å². The number of rotatable bonds is 4. The van der Waals surface area contributed by atoms with Crippen LogP contribution >= 0.6 is 0 Å². The van der Waals surface area contributed by atoms with Crippen LogP contribution in [0.1, 0.15) is 16.7 Å². The van der Waals surface area contributed by atoms with Crippen LogP contribution in [0.15, 0.2) is 47.3 Å². The Morgan fingerprint density at radius 3 is 2.58 bits per heavy atom. The number of nitrogens with zero attached hydrogens (tertiary/aromatic N) is 1. The second-order valence-corrected chi connectivity index (χ2v) is 6.47. The number of methoxy groups -OCH3 is 1. The highest BCUT2D eigenvalue weighted by molar-refractivity contribution is 5.94. The summed E-state index contributed by atoms with van der Waals surface area (Å²) in [6.45, 7) is 5.70. The molecule has 5 nitrogen and oxygen atoms in total. The predicted octanol–water partition coefficient (Wildman–Crippen LogP) is 3.57. The van der Waals surface area contributed by atoms with E-state index in [0.29, 0.717) is 11.3 Å². The van der Waals surface area contributed by atoms with Gasteiger partial charge in [-0.25, -0.2) is 0 Å². The Hall–Kier alpha value is -3.08. The third kappa shape index (κ3) is 3.33. The Bertz CT molecular complexity index is 1050. The lowest BCUT2D eigenvalue weighted by Gasteiger charge is -2.15. The number of benzene rings is 2. The van der Waals surface area contributed by atoms with Gasteiger partial charge < -0.3 is 10.1 Å². The van der Waals surface area contributed by atoms with Gasteiger partial charge in [-0.1, -0.05) is 24.3 Å². The van der Waals surface area contributed by atoms with Gasteiger partial charge in [-0.05, 0) is 49.6 Å². The summed E-state index contributed by atoms with van der Waals surface area (Å²) in [7, 11) is 1.56. The maximum Gasteiger partial charge on any atom is 0.251 e. The van der Waals surface area contributed by atoms with Crippen molar-refractivity contribution in [1.29, 1.82) is 0 Å². The van der Waals surface area contributed by atoms with Crippen molar-refractivity contribution < 1.29 is 9.53 Å². The predicted molar refractivity (Wildman–Crippen MR) is 104 cm³/mol. The van der Waals surface area contributed by atoms with Gasteiger partial charge in [-0.2, -0.15) is 0 Å². The lowest BCUT2D eigenvalue weighted by atomic mass is 10.1. The SMILES string of the molecule is COc1cccc2c(C)cc(=O)n(CC(=O)Nc3cc(C)ccc3C)c12. The van der Waals surface area contributed by atoms with Crippen LogP contribution < -0.4 is 15.6 Å². The van der Waals surface area contributed by atoms with Crippen molar-refractivity contribution in [1.82, 2.24) is 4.57 Å². The molecule has 0 bridgehead atoms. The van der Waals surface area contributed by atoms with E-state index in [1.807, 2.05) is 51.1 Å². The summed E-state index contributed by atoms with van der Waals surface area (Å²) in [5, 5.41) is 3.80. The van der Waals surface area contributed by atoms with Gasteiger partial charge in [0.1, 0.15) is 12.3 Å². The van der Waals surface area contributed by atoms with Gasteiger partial charge in [0.05, 0.1) is 12.6 Å². The van der Waals surface area contributed by atoms with Crippen molar-refractivity contribution in [3.8, 4) is 5.75 Å². The van der Waals surface area contributed by atoms with Crippen LogP contribution in [0.2, 0.25) is 0 Å². The number of hydrogen-bond donors (Lipinski definition) is 1. The minimum atomic E-state index is -0.253. The third-order valence-corrected chi connectivity index (χ3v) is 4.49. The van der Waals surface area contributed by atoms with Gasteiger partial charge in [-0.15, -0.1) is 0 Å². The molecule has 0 saturated carbocycles. The molecule has 1 N–H and O–H groups in total. The Kier molecular flexibility index (Phi) is 4.80. The van der Waals surface area contributed by atoms with E-state index in [2.05, 4.69) is 5.32 Å². The van der Waals surface area contributed by atoms with Crippen LogP contribution in [0, 0.1) is 20.8 Å². The fourth-order valence-corrected chi connectivity index (χ4v) is 3.10. The van der Waals surface area contributed by atoms with Crippen molar-refractivity contribution in [2.75, 3.05) is 12.4 Å². The molecule has 0 radical (unpaired) electrons. The fraction of sp³-hybridized carbons (Fsp3) is 0.238. The molecule has 0 unspecified atom stereocenters. The van der Waals surface area contributed by atoms with Crippen LogP contribution in [0.25, 0.3) is 10.9 Å². The summed E-state index contributed by atoms with van der Waals surface area (Å²) in [4.78, 5) is 25.2. The Labute approximate surface area is 152 Å². The zero-order chi connectivity index (χ0) is 18.8. The van der Waals surface area contributed by atoms with Crippen LogP contribution in [0.5, 0.6) is 5.75 Å². The number of carbonyl (C=O) groups excluding carboxylic acids is 1. The van der Waals surface area contributed by atoms with Crippen LogP contribution in [0.3, 0.4) is 0 Å². The van der Waals surface area contributed by atoms with Gasteiger partial charge in [0.2, 0.25) is 5.91 Å². The lowest BCUT2D eigenvalue weighted by molar-refractivity contribution is -0.116. The van der Waals surface area contributed by atoms with E-state index in [-0.39, 0.29) is 18.0 Å². The highest BCUT2D eigenvalue weighted by atomic mass is 16.5. The second-order valence-electron chi connectivity index (χ2n) is 6.47. The molecule has 134 valence electrons. The molecule has 0 fully saturated rings. The minimum absolute atomic E-state index is 0.0800. The monoisotopic (exact) mass is 350 g/mol. The first kappa shape index (κ1) is 17.7. The Balaban J connectivity index is 2.02. The summed E-state index contributed by atoms with van der Waals surface area (Å²) >= 11 is 0. The molecule has 3 aromatic rings. The third-order valence-electron chi connectivity index (χ3n) is 4.49. The second kappa shape index (κ2) is 7.04. The normalized spacial score (nSPS) is 10.8. The molecule has 0 aliphatic carbocycles.